The van der Waals surface area contributed by atoms with E-state index in [1.165, 1.54) is 0 Å². The number of alkyl halides is 1. The summed E-state index contributed by atoms with van der Waals surface area (Å²) in [5, 5.41) is 2.75. The average Bonchev–Trinajstić information content (AvgIpc) is 2.82. The molecule has 5 nitrogen and oxygen atoms in total. The molecule has 0 aromatic carbocycles. The van der Waals surface area contributed by atoms with Gasteiger partial charge in [0.1, 0.15) is 4.88 Å². The van der Waals surface area contributed by atoms with E-state index in [-0.39, 0.29) is 23.1 Å². The van der Waals surface area contributed by atoms with Crippen LogP contribution in [-0.2, 0) is 16.0 Å². The van der Waals surface area contributed by atoms with Crippen molar-refractivity contribution in [1.29, 1.82) is 0 Å². The van der Waals surface area contributed by atoms with Crippen LogP contribution in [-0.4, -0.2) is 29.1 Å². The highest BCUT2D eigenvalue weighted by Crippen LogP contribution is 2.40. The Hall–Kier alpha value is -1.21. The first-order chi connectivity index (χ1) is 9.99. The molecule has 2 rings (SSSR count). The molecule has 0 saturated carbocycles. The van der Waals surface area contributed by atoms with Crippen molar-refractivity contribution in [3.05, 3.63) is 15.3 Å². The first-order valence-electron chi connectivity index (χ1n) is 6.80. The Morgan fingerprint density at radius 3 is 2.76 bits per heavy atom. The van der Waals surface area contributed by atoms with Gasteiger partial charge in [0.25, 0.3) is 0 Å². The second-order valence-corrected chi connectivity index (χ2v) is 6.73. The second-order valence-electron chi connectivity index (χ2n) is 4.61. The topological polar surface area (TPSA) is 72.5 Å². The van der Waals surface area contributed by atoms with Gasteiger partial charge in [0.05, 0.1) is 22.0 Å². The molecule has 7 heteroatoms. The summed E-state index contributed by atoms with van der Waals surface area (Å²) in [6.45, 7) is 3.70. The molecule has 1 atom stereocenters. The molecule has 0 bridgehead atoms. The number of carbonyl (C=O) groups excluding carboxylic acids is 3. The van der Waals surface area contributed by atoms with E-state index < -0.39 is 5.97 Å². The van der Waals surface area contributed by atoms with Gasteiger partial charge in [0, 0.05) is 6.42 Å². The number of esters is 1. The third-order valence-corrected chi connectivity index (χ3v) is 5.31. The lowest BCUT2D eigenvalue weighted by atomic mass is 9.96. The summed E-state index contributed by atoms with van der Waals surface area (Å²) in [4.78, 5) is 36.6. The molecule has 1 unspecified atom stereocenters. The van der Waals surface area contributed by atoms with Crippen LogP contribution in [0.3, 0.4) is 0 Å². The van der Waals surface area contributed by atoms with E-state index in [0.717, 1.165) is 16.9 Å². The van der Waals surface area contributed by atoms with Gasteiger partial charge in [-0.2, -0.15) is 0 Å². The van der Waals surface area contributed by atoms with Crippen LogP contribution < -0.4 is 5.32 Å². The van der Waals surface area contributed by atoms with E-state index in [4.69, 9.17) is 4.74 Å². The predicted octanol–water partition coefficient (Wildman–Crippen LogP) is 3.17. The number of rotatable bonds is 4. The van der Waals surface area contributed by atoms with Crippen LogP contribution in [0.5, 0.6) is 0 Å². The number of anilines is 1. The van der Waals surface area contributed by atoms with Crippen molar-refractivity contribution >= 4 is 50.6 Å². The highest BCUT2D eigenvalue weighted by molar-refractivity contribution is 9.10. The fraction of sp³-hybridized carbons (Fsp3) is 0.500. The van der Waals surface area contributed by atoms with E-state index in [2.05, 4.69) is 21.2 Å². The summed E-state index contributed by atoms with van der Waals surface area (Å²) in [7, 11) is 0. The highest BCUT2D eigenvalue weighted by atomic mass is 79.9. The summed E-state index contributed by atoms with van der Waals surface area (Å²) in [6.07, 6.45) is 1.61. The molecule has 1 heterocycles. The Morgan fingerprint density at radius 2 is 2.14 bits per heavy atom. The molecule has 0 saturated heterocycles. The number of halogens is 1. The molecule has 0 fully saturated rings. The number of fused-ring (bicyclic) bond motifs is 1. The monoisotopic (exact) mass is 373 g/mol. The van der Waals surface area contributed by atoms with E-state index in [9.17, 15) is 14.4 Å². The van der Waals surface area contributed by atoms with Crippen LogP contribution in [0.1, 0.15) is 51.6 Å². The molecule has 0 aliphatic heterocycles. The molecule has 0 spiro atoms. The van der Waals surface area contributed by atoms with Crippen molar-refractivity contribution in [3.8, 4) is 0 Å². The normalized spacial score (nSPS) is 17.3. The maximum atomic E-state index is 12.2. The number of nitrogens with one attached hydrogen (secondary N) is 1. The molecule has 0 radical (unpaired) electrons. The predicted molar refractivity (Wildman–Crippen MR) is 84.6 cm³/mol. The van der Waals surface area contributed by atoms with Crippen molar-refractivity contribution in [2.45, 2.75) is 37.9 Å². The summed E-state index contributed by atoms with van der Waals surface area (Å²) in [5.74, 6) is -0.722. The van der Waals surface area contributed by atoms with Gasteiger partial charge in [-0.1, -0.05) is 22.9 Å². The third-order valence-electron chi connectivity index (χ3n) is 3.21. The SMILES string of the molecule is CCOC(=O)c1sc2c(c1NC(=O)CC)CCC(Br)C2=O. The molecule has 1 aliphatic rings. The van der Waals surface area contributed by atoms with Crippen LogP contribution in [0.25, 0.3) is 0 Å². The van der Waals surface area contributed by atoms with Gasteiger partial charge in [-0.3, -0.25) is 9.59 Å². The quantitative estimate of drug-likeness (QED) is 0.649. The Balaban J connectivity index is 2.48. The summed E-state index contributed by atoms with van der Waals surface area (Å²) < 4.78 is 5.02. The molecule has 1 aromatic heterocycles. The van der Waals surface area contributed by atoms with Crippen LogP contribution in [0.4, 0.5) is 5.69 Å². The largest absolute Gasteiger partial charge is 0.462 e. The van der Waals surface area contributed by atoms with Gasteiger partial charge in [0.15, 0.2) is 5.78 Å². The van der Waals surface area contributed by atoms with E-state index >= 15 is 0 Å². The maximum Gasteiger partial charge on any atom is 0.350 e. The lowest BCUT2D eigenvalue weighted by Gasteiger charge is -2.16. The minimum Gasteiger partial charge on any atom is -0.462 e. The zero-order valence-corrected chi connectivity index (χ0v) is 14.2. The average molecular weight is 374 g/mol. The molecule has 1 N–H and O–H groups in total. The Bertz CT molecular complexity index is 596. The van der Waals surface area contributed by atoms with E-state index in [0.29, 0.717) is 34.7 Å². The minimum atomic E-state index is -0.498. The Kier molecular flexibility index (Phi) is 5.16. The van der Waals surface area contributed by atoms with Gasteiger partial charge in [0.2, 0.25) is 5.91 Å². The maximum absolute atomic E-state index is 12.2. The molecule has 114 valence electrons. The van der Waals surface area contributed by atoms with Crippen molar-refractivity contribution in [3.63, 3.8) is 0 Å². The highest BCUT2D eigenvalue weighted by Gasteiger charge is 2.33. The minimum absolute atomic E-state index is 0.0382. The van der Waals surface area contributed by atoms with Crippen LogP contribution in [0, 0.1) is 0 Å². The molecule has 1 aliphatic carbocycles. The fourth-order valence-electron chi connectivity index (χ4n) is 2.15. The van der Waals surface area contributed by atoms with Crippen molar-refractivity contribution < 1.29 is 19.1 Å². The summed E-state index contributed by atoms with van der Waals surface area (Å²) >= 11 is 4.45. The van der Waals surface area contributed by atoms with Crippen molar-refractivity contribution in [2.24, 2.45) is 0 Å². The number of ketones is 1. The van der Waals surface area contributed by atoms with E-state index in [1.54, 1.807) is 13.8 Å². The van der Waals surface area contributed by atoms with Gasteiger partial charge >= 0.3 is 5.97 Å². The molecular weight excluding hydrogens is 358 g/mol. The number of hydrogen-bond donors (Lipinski definition) is 1. The zero-order chi connectivity index (χ0) is 15.6. The molecule has 1 amide bonds. The molecule has 1 aromatic rings. The summed E-state index contributed by atoms with van der Waals surface area (Å²) in [5.41, 5.74) is 1.21. The van der Waals surface area contributed by atoms with E-state index in [1.807, 2.05) is 0 Å². The van der Waals surface area contributed by atoms with Crippen molar-refractivity contribution in [2.75, 3.05) is 11.9 Å². The van der Waals surface area contributed by atoms with Gasteiger partial charge in [-0.15, -0.1) is 11.3 Å². The lowest BCUT2D eigenvalue weighted by Crippen LogP contribution is -2.21. The Morgan fingerprint density at radius 1 is 1.43 bits per heavy atom. The number of Topliss-reactive ketones (excluding diaryl/α,β-unsaturated/α-hetero) is 1. The number of thiophene rings is 1. The fourth-order valence-corrected chi connectivity index (χ4v) is 3.95. The van der Waals surface area contributed by atoms with Crippen LogP contribution in [0.15, 0.2) is 0 Å². The molecular formula is C14H16BrNO4S. The Labute approximate surface area is 135 Å². The number of ether oxygens (including phenoxy) is 1. The standard InChI is InChI=1S/C14H16BrNO4S/c1-3-9(17)16-10-7-5-6-8(15)11(18)12(7)21-13(10)14(19)20-4-2/h8H,3-6H2,1-2H3,(H,16,17). The van der Waals surface area contributed by atoms with Gasteiger partial charge in [-0.25, -0.2) is 4.79 Å². The van der Waals surface area contributed by atoms with Crippen LogP contribution in [0.2, 0.25) is 0 Å². The third kappa shape index (κ3) is 3.18. The number of carbonyl (C=O) groups is 3. The first kappa shape index (κ1) is 16.2. The smallest absolute Gasteiger partial charge is 0.350 e. The van der Waals surface area contributed by atoms with Gasteiger partial charge in [-0.05, 0) is 25.3 Å². The first-order valence-corrected chi connectivity index (χ1v) is 8.53. The zero-order valence-electron chi connectivity index (χ0n) is 11.8. The summed E-state index contributed by atoms with van der Waals surface area (Å²) in [6, 6.07) is 0. The number of hydrogen-bond acceptors (Lipinski definition) is 5. The van der Waals surface area contributed by atoms with Crippen molar-refractivity contribution in [1.82, 2.24) is 0 Å². The molecule has 21 heavy (non-hydrogen) atoms. The number of amides is 1. The second kappa shape index (κ2) is 6.70. The van der Waals surface area contributed by atoms with Gasteiger partial charge < -0.3 is 10.1 Å². The lowest BCUT2D eigenvalue weighted by molar-refractivity contribution is -0.115. The van der Waals surface area contributed by atoms with Crippen LogP contribution >= 0.6 is 27.3 Å².